The fourth-order valence-corrected chi connectivity index (χ4v) is 2.19. The van der Waals surface area contributed by atoms with E-state index < -0.39 is 12.7 Å². The molecule has 1 aliphatic carbocycles. The van der Waals surface area contributed by atoms with E-state index in [9.17, 15) is 13.2 Å². The van der Waals surface area contributed by atoms with Crippen molar-refractivity contribution < 1.29 is 17.9 Å². The first kappa shape index (κ1) is 13.2. The number of nitrogens with one attached hydrogen (secondary N) is 1. The zero-order valence-corrected chi connectivity index (χ0v) is 10.1. The number of hydrogen-bond acceptors (Lipinski definition) is 2. The van der Waals surface area contributed by atoms with Gasteiger partial charge < -0.3 is 10.1 Å². The largest absolute Gasteiger partial charge is 0.497 e. The van der Waals surface area contributed by atoms with Gasteiger partial charge in [-0.15, -0.1) is 0 Å². The molecule has 1 aromatic carbocycles. The molecule has 100 valence electrons. The van der Waals surface area contributed by atoms with Crippen LogP contribution in [0.1, 0.15) is 24.3 Å². The number of hydrogen-bond donors (Lipinski definition) is 1. The van der Waals surface area contributed by atoms with E-state index >= 15 is 0 Å². The molecule has 0 aromatic heterocycles. The fraction of sp³-hybridized carbons (Fsp3) is 0.538. The first-order chi connectivity index (χ1) is 8.48. The van der Waals surface area contributed by atoms with Gasteiger partial charge in [0.15, 0.2) is 0 Å². The van der Waals surface area contributed by atoms with E-state index in [4.69, 9.17) is 4.74 Å². The maximum atomic E-state index is 12.0. The van der Waals surface area contributed by atoms with Gasteiger partial charge in [0, 0.05) is 6.04 Å². The predicted octanol–water partition coefficient (Wildman–Crippen LogP) is 3.09. The molecule has 1 N–H and O–H groups in total. The van der Waals surface area contributed by atoms with Crippen molar-refractivity contribution >= 4 is 0 Å². The maximum absolute atomic E-state index is 12.0. The minimum Gasteiger partial charge on any atom is -0.497 e. The maximum Gasteiger partial charge on any atom is 0.401 e. The van der Waals surface area contributed by atoms with Crippen LogP contribution in [-0.2, 0) is 0 Å². The lowest BCUT2D eigenvalue weighted by molar-refractivity contribution is -0.127. The summed E-state index contributed by atoms with van der Waals surface area (Å²) in [4.78, 5) is 0. The van der Waals surface area contributed by atoms with Crippen molar-refractivity contribution in [3.05, 3.63) is 29.8 Å². The molecule has 2 rings (SSSR count). The summed E-state index contributed by atoms with van der Waals surface area (Å²) in [6.45, 7) is -0.896. The molecule has 0 spiro atoms. The van der Waals surface area contributed by atoms with Crippen molar-refractivity contribution in [3.8, 4) is 5.75 Å². The standard InChI is InChI=1S/C13H16F3NO/c1-18-12-4-2-9(3-5-12)10-6-11(7-10)17-8-13(14,15)16/h2-5,10-11,17H,6-8H2,1H3. The van der Waals surface area contributed by atoms with E-state index in [0.717, 1.165) is 18.6 Å². The van der Waals surface area contributed by atoms with Crippen LogP contribution in [0, 0.1) is 0 Å². The first-order valence-electron chi connectivity index (χ1n) is 5.92. The van der Waals surface area contributed by atoms with Crippen molar-refractivity contribution in [2.75, 3.05) is 13.7 Å². The van der Waals surface area contributed by atoms with E-state index in [2.05, 4.69) is 5.32 Å². The van der Waals surface area contributed by atoms with Crippen molar-refractivity contribution in [1.82, 2.24) is 5.32 Å². The van der Waals surface area contributed by atoms with Crippen LogP contribution in [0.5, 0.6) is 5.75 Å². The molecule has 0 heterocycles. The highest BCUT2D eigenvalue weighted by molar-refractivity contribution is 5.30. The van der Waals surface area contributed by atoms with E-state index in [1.54, 1.807) is 7.11 Å². The Morgan fingerprint density at radius 3 is 2.33 bits per heavy atom. The van der Waals surface area contributed by atoms with Crippen LogP contribution in [0.3, 0.4) is 0 Å². The Morgan fingerprint density at radius 2 is 1.83 bits per heavy atom. The third-order valence-electron chi connectivity index (χ3n) is 3.32. The minimum absolute atomic E-state index is 0.0151. The molecule has 1 saturated carbocycles. The Kier molecular flexibility index (Phi) is 3.80. The van der Waals surface area contributed by atoms with E-state index in [1.165, 1.54) is 5.56 Å². The highest BCUT2D eigenvalue weighted by Gasteiger charge is 2.34. The summed E-state index contributed by atoms with van der Waals surface area (Å²) in [5.74, 6) is 1.16. The van der Waals surface area contributed by atoms with Gasteiger partial charge in [0.05, 0.1) is 13.7 Å². The van der Waals surface area contributed by atoms with Crippen molar-refractivity contribution in [2.24, 2.45) is 0 Å². The molecule has 0 saturated heterocycles. The van der Waals surface area contributed by atoms with E-state index in [-0.39, 0.29) is 6.04 Å². The summed E-state index contributed by atoms with van der Waals surface area (Å²) in [5.41, 5.74) is 1.17. The molecule has 1 aromatic rings. The third-order valence-corrected chi connectivity index (χ3v) is 3.32. The van der Waals surface area contributed by atoms with Gasteiger partial charge in [0.25, 0.3) is 0 Å². The van der Waals surface area contributed by atoms with Gasteiger partial charge in [-0.3, -0.25) is 0 Å². The fourth-order valence-electron chi connectivity index (χ4n) is 2.19. The average Bonchev–Trinajstić information content (AvgIpc) is 2.26. The van der Waals surface area contributed by atoms with Gasteiger partial charge in [-0.25, -0.2) is 0 Å². The molecular weight excluding hydrogens is 243 g/mol. The van der Waals surface area contributed by atoms with Crippen molar-refractivity contribution in [1.29, 1.82) is 0 Å². The van der Waals surface area contributed by atoms with Gasteiger partial charge in [-0.2, -0.15) is 13.2 Å². The monoisotopic (exact) mass is 259 g/mol. The van der Waals surface area contributed by atoms with Gasteiger partial charge in [-0.1, -0.05) is 12.1 Å². The number of alkyl halides is 3. The average molecular weight is 259 g/mol. The lowest BCUT2D eigenvalue weighted by Crippen LogP contribution is -2.44. The molecule has 0 amide bonds. The Labute approximate surface area is 104 Å². The van der Waals surface area contributed by atoms with Crippen LogP contribution in [-0.4, -0.2) is 25.9 Å². The molecule has 2 nitrogen and oxygen atoms in total. The molecule has 0 radical (unpaired) electrons. The van der Waals surface area contributed by atoms with Gasteiger partial charge in [-0.05, 0) is 36.5 Å². The minimum atomic E-state index is -4.12. The zero-order chi connectivity index (χ0) is 13.2. The quantitative estimate of drug-likeness (QED) is 0.897. The molecule has 18 heavy (non-hydrogen) atoms. The first-order valence-corrected chi connectivity index (χ1v) is 5.92. The lowest BCUT2D eigenvalue weighted by atomic mass is 9.76. The Balaban J connectivity index is 1.78. The number of benzene rings is 1. The second-order valence-electron chi connectivity index (χ2n) is 4.63. The summed E-state index contributed by atoms with van der Waals surface area (Å²) in [6, 6.07) is 7.70. The second kappa shape index (κ2) is 5.18. The normalized spacial score (nSPS) is 23.6. The molecule has 1 aliphatic rings. The molecule has 0 aliphatic heterocycles. The van der Waals surface area contributed by atoms with E-state index in [0.29, 0.717) is 5.92 Å². The van der Waals surface area contributed by atoms with Crippen LogP contribution < -0.4 is 10.1 Å². The summed E-state index contributed by atoms with van der Waals surface area (Å²) < 4.78 is 41.1. The Morgan fingerprint density at radius 1 is 1.22 bits per heavy atom. The van der Waals surface area contributed by atoms with Gasteiger partial charge >= 0.3 is 6.18 Å². The third kappa shape index (κ3) is 3.38. The van der Waals surface area contributed by atoms with Gasteiger partial charge in [0.2, 0.25) is 0 Å². The lowest BCUT2D eigenvalue weighted by Gasteiger charge is -2.36. The SMILES string of the molecule is COc1ccc(C2CC(NCC(F)(F)F)C2)cc1. The predicted molar refractivity (Wildman–Crippen MR) is 62.8 cm³/mol. The summed E-state index contributed by atoms with van der Waals surface area (Å²) in [7, 11) is 1.61. The highest BCUT2D eigenvalue weighted by atomic mass is 19.4. The summed E-state index contributed by atoms with van der Waals surface area (Å²) >= 11 is 0. The zero-order valence-electron chi connectivity index (χ0n) is 10.1. The van der Waals surface area contributed by atoms with Crippen LogP contribution in [0.4, 0.5) is 13.2 Å². The number of ether oxygens (including phenoxy) is 1. The van der Waals surface area contributed by atoms with Crippen LogP contribution in [0.2, 0.25) is 0 Å². The molecule has 0 unspecified atom stereocenters. The van der Waals surface area contributed by atoms with Crippen LogP contribution >= 0.6 is 0 Å². The molecule has 5 heteroatoms. The van der Waals surface area contributed by atoms with Crippen LogP contribution in [0.25, 0.3) is 0 Å². The summed E-state index contributed by atoms with van der Waals surface area (Å²) in [5, 5.41) is 2.53. The highest BCUT2D eigenvalue weighted by Crippen LogP contribution is 2.37. The molecular formula is C13H16F3NO. The second-order valence-corrected chi connectivity index (χ2v) is 4.63. The molecule has 0 bridgehead atoms. The topological polar surface area (TPSA) is 21.3 Å². The van der Waals surface area contributed by atoms with Crippen LogP contribution in [0.15, 0.2) is 24.3 Å². The van der Waals surface area contributed by atoms with Crippen molar-refractivity contribution in [3.63, 3.8) is 0 Å². The van der Waals surface area contributed by atoms with Crippen molar-refractivity contribution in [2.45, 2.75) is 31.0 Å². The molecule has 1 fully saturated rings. The van der Waals surface area contributed by atoms with Gasteiger partial charge in [0.1, 0.15) is 5.75 Å². The Hall–Kier alpha value is -1.23. The number of halogens is 3. The summed E-state index contributed by atoms with van der Waals surface area (Å²) in [6.07, 6.45) is -2.59. The number of methoxy groups -OCH3 is 1. The molecule has 0 atom stereocenters. The number of rotatable bonds is 4. The smallest absolute Gasteiger partial charge is 0.401 e. The van der Waals surface area contributed by atoms with E-state index in [1.807, 2.05) is 24.3 Å². The Bertz CT molecular complexity index is 382.